The molecule has 20 heavy (non-hydrogen) atoms. The lowest BCUT2D eigenvalue weighted by Crippen LogP contribution is -2.01. The Balaban J connectivity index is 1.52. The highest BCUT2D eigenvalue weighted by molar-refractivity contribution is 5.77. The van der Waals surface area contributed by atoms with E-state index in [0.717, 1.165) is 23.5 Å². The van der Waals surface area contributed by atoms with E-state index in [1.807, 2.05) is 24.3 Å². The van der Waals surface area contributed by atoms with E-state index in [-0.39, 0.29) is 0 Å². The van der Waals surface area contributed by atoms with E-state index >= 15 is 0 Å². The van der Waals surface area contributed by atoms with Crippen molar-refractivity contribution in [2.45, 2.75) is 25.8 Å². The first-order valence-corrected chi connectivity index (χ1v) is 7.18. The fourth-order valence-electron chi connectivity index (χ4n) is 2.96. The van der Waals surface area contributed by atoms with Crippen LogP contribution in [0.1, 0.15) is 23.1 Å². The summed E-state index contributed by atoms with van der Waals surface area (Å²) < 4.78 is 0. The number of nitrogens with zero attached hydrogens (tertiary/aromatic N) is 1. The molecule has 0 unspecified atom stereocenters. The highest BCUT2D eigenvalue weighted by Gasteiger charge is 2.10. The molecule has 1 heterocycles. The Labute approximate surface area is 118 Å². The fraction of sp³-hybridized carbons (Fsp3) is 0.235. The molecule has 4 rings (SSSR count). The minimum absolute atomic E-state index is 0.813. The number of aromatic amines is 1. The molecular formula is C17H17N3. The number of hydrogen-bond acceptors (Lipinski definition) is 2. The van der Waals surface area contributed by atoms with Crippen molar-refractivity contribution in [2.24, 2.45) is 0 Å². The SMILES string of the molecule is c1ccc2[nH]c(NCc3ccc4c(c3)CCC4)nc2c1. The predicted molar refractivity (Wildman–Crippen MR) is 81.9 cm³/mol. The van der Waals surface area contributed by atoms with E-state index in [1.54, 1.807) is 0 Å². The van der Waals surface area contributed by atoms with Crippen molar-refractivity contribution in [3.8, 4) is 0 Å². The third-order valence-electron chi connectivity index (χ3n) is 4.01. The molecule has 0 radical (unpaired) electrons. The van der Waals surface area contributed by atoms with E-state index in [1.165, 1.54) is 36.0 Å². The number of para-hydroxylation sites is 2. The molecule has 0 spiro atoms. The van der Waals surface area contributed by atoms with Crippen LogP contribution in [0.3, 0.4) is 0 Å². The number of rotatable bonds is 3. The molecule has 2 N–H and O–H groups in total. The topological polar surface area (TPSA) is 40.7 Å². The third-order valence-corrected chi connectivity index (χ3v) is 4.01. The minimum Gasteiger partial charge on any atom is -0.352 e. The Morgan fingerprint density at radius 2 is 1.95 bits per heavy atom. The van der Waals surface area contributed by atoms with Crippen LogP contribution < -0.4 is 5.32 Å². The molecule has 0 bridgehead atoms. The Hall–Kier alpha value is -2.29. The molecule has 3 aromatic rings. The van der Waals surface area contributed by atoms with Gasteiger partial charge in [-0.15, -0.1) is 0 Å². The largest absolute Gasteiger partial charge is 0.352 e. The van der Waals surface area contributed by atoms with Gasteiger partial charge in [0.15, 0.2) is 0 Å². The van der Waals surface area contributed by atoms with Gasteiger partial charge in [0.05, 0.1) is 11.0 Å². The number of aryl methyl sites for hydroxylation is 2. The number of aromatic nitrogens is 2. The van der Waals surface area contributed by atoms with Crippen molar-refractivity contribution in [3.63, 3.8) is 0 Å². The van der Waals surface area contributed by atoms with Crippen molar-refractivity contribution >= 4 is 17.0 Å². The van der Waals surface area contributed by atoms with Crippen molar-refractivity contribution < 1.29 is 0 Å². The smallest absolute Gasteiger partial charge is 0.201 e. The van der Waals surface area contributed by atoms with Crippen molar-refractivity contribution in [1.82, 2.24) is 9.97 Å². The lowest BCUT2D eigenvalue weighted by Gasteiger charge is -2.06. The number of hydrogen-bond donors (Lipinski definition) is 2. The van der Waals surface area contributed by atoms with Gasteiger partial charge in [-0.3, -0.25) is 0 Å². The Morgan fingerprint density at radius 1 is 1.05 bits per heavy atom. The van der Waals surface area contributed by atoms with Crippen LogP contribution >= 0.6 is 0 Å². The summed E-state index contributed by atoms with van der Waals surface area (Å²) in [5.74, 6) is 0.840. The first-order chi connectivity index (χ1) is 9.88. The summed E-state index contributed by atoms with van der Waals surface area (Å²) in [4.78, 5) is 7.83. The Morgan fingerprint density at radius 3 is 2.90 bits per heavy atom. The van der Waals surface area contributed by atoms with Gasteiger partial charge in [-0.05, 0) is 48.1 Å². The lowest BCUT2D eigenvalue weighted by atomic mass is 10.1. The average molecular weight is 263 g/mol. The van der Waals surface area contributed by atoms with E-state index in [9.17, 15) is 0 Å². The average Bonchev–Trinajstić information content (AvgIpc) is 3.10. The summed E-state index contributed by atoms with van der Waals surface area (Å²) in [6.45, 7) is 0.813. The van der Waals surface area contributed by atoms with Crippen LogP contribution in [0, 0.1) is 0 Å². The number of imidazole rings is 1. The zero-order valence-electron chi connectivity index (χ0n) is 11.3. The second-order valence-corrected chi connectivity index (χ2v) is 5.41. The van der Waals surface area contributed by atoms with Gasteiger partial charge < -0.3 is 10.3 Å². The molecule has 0 aliphatic heterocycles. The molecule has 1 aromatic heterocycles. The highest BCUT2D eigenvalue weighted by atomic mass is 15.1. The second-order valence-electron chi connectivity index (χ2n) is 5.41. The molecule has 0 atom stereocenters. The first kappa shape index (κ1) is 11.5. The summed E-state index contributed by atoms with van der Waals surface area (Å²) in [7, 11) is 0. The number of H-pyrrole nitrogens is 1. The van der Waals surface area contributed by atoms with Crippen LogP contribution in [-0.4, -0.2) is 9.97 Å². The molecule has 3 heteroatoms. The zero-order chi connectivity index (χ0) is 13.4. The van der Waals surface area contributed by atoms with Crippen LogP contribution in [-0.2, 0) is 19.4 Å². The van der Waals surface area contributed by atoms with E-state index in [4.69, 9.17) is 0 Å². The number of anilines is 1. The monoisotopic (exact) mass is 263 g/mol. The van der Waals surface area contributed by atoms with Crippen molar-refractivity contribution in [1.29, 1.82) is 0 Å². The molecule has 3 nitrogen and oxygen atoms in total. The molecule has 0 saturated carbocycles. The quantitative estimate of drug-likeness (QED) is 0.757. The molecule has 0 saturated heterocycles. The zero-order valence-corrected chi connectivity index (χ0v) is 11.3. The lowest BCUT2D eigenvalue weighted by molar-refractivity contribution is 0.911. The maximum absolute atomic E-state index is 4.53. The molecule has 100 valence electrons. The fourth-order valence-corrected chi connectivity index (χ4v) is 2.96. The number of fused-ring (bicyclic) bond motifs is 2. The standard InChI is InChI=1S/C17H17N3/c1-2-7-16-15(6-1)19-17(20-16)18-11-12-8-9-13-4-3-5-14(13)10-12/h1-2,6-10H,3-5,11H2,(H2,18,19,20). The van der Waals surface area contributed by atoms with Crippen molar-refractivity contribution in [2.75, 3.05) is 5.32 Å². The molecule has 1 aliphatic rings. The highest BCUT2D eigenvalue weighted by Crippen LogP contribution is 2.23. The summed E-state index contributed by atoms with van der Waals surface area (Å²) in [6, 6.07) is 14.9. The summed E-state index contributed by atoms with van der Waals surface area (Å²) in [5, 5.41) is 3.37. The van der Waals surface area contributed by atoms with Crippen molar-refractivity contribution in [3.05, 3.63) is 59.2 Å². The Bertz CT molecular complexity index is 725. The summed E-state index contributed by atoms with van der Waals surface area (Å²) in [6.07, 6.45) is 3.77. The minimum atomic E-state index is 0.813. The predicted octanol–water partition coefficient (Wildman–Crippen LogP) is 3.66. The van der Waals surface area contributed by atoms with E-state index in [0.29, 0.717) is 0 Å². The van der Waals surface area contributed by atoms with Gasteiger partial charge in [-0.2, -0.15) is 0 Å². The molecule has 0 fully saturated rings. The van der Waals surface area contributed by atoms with Gasteiger partial charge in [0.2, 0.25) is 5.95 Å². The van der Waals surface area contributed by atoms with Crippen LogP contribution in [0.15, 0.2) is 42.5 Å². The van der Waals surface area contributed by atoms with Crippen LogP contribution in [0.4, 0.5) is 5.95 Å². The number of benzene rings is 2. The van der Waals surface area contributed by atoms with Crippen LogP contribution in [0.2, 0.25) is 0 Å². The first-order valence-electron chi connectivity index (χ1n) is 7.18. The van der Waals surface area contributed by atoms with Gasteiger partial charge >= 0.3 is 0 Å². The van der Waals surface area contributed by atoms with E-state index < -0.39 is 0 Å². The van der Waals surface area contributed by atoms with Crippen LogP contribution in [0.25, 0.3) is 11.0 Å². The number of nitrogens with one attached hydrogen (secondary N) is 2. The van der Waals surface area contributed by atoms with E-state index in [2.05, 4.69) is 33.5 Å². The molecular weight excluding hydrogens is 246 g/mol. The van der Waals surface area contributed by atoms with Gasteiger partial charge in [-0.1, -0.05) is 30.3 Å². The molecule has 1 aliphatic carbocycles. The van der Waals surface area contributed by atoms with Gasteiger partial charge in [-0.25, -0.2) is 4.98 Å². The normalized spacial score (nSPS) is 13.6. The maximum atomic E-state index is 4.53. The second kappa shape index (κ2) is 4.67. The summed E-state index contributed by atoms with van der Waals surface area (Å²) in [5.41, 5.74) is 6.45. The Kier molecular flexibility index (Phi) is 2.69. The maximum Gasteiger partial charge on any atom is 0.201 e. The molecule has 0 amide bonds. The molecule has 2 aromatic carbocycles. The van der Waals surface area contributed by atoms with Crippen LogP contribution in [0.5, 0.6) is 0 Å². The van der Waals surface area contributed by atoms with Gasteiger partial charge in [0.1, 0.15) is 0 Å². The van der Waals surface area contributed by atoms with Gasteiger partial charge in [0.25, 0.3) is 0 Å². The van der Waals surface area contributed by atoms with Gasteiger partial charge in [0, 0.05) is 6.54 Å². The third kappa shape index (κ3) is 2.05. The summed E-state index contributed by atoms with van der Waals surface area (Å²) >= 11 is 0.